The van der Waals surface area contributed by atoms with Crippen LogP contribution in [0.2, 0.25) is 0 Å². The van der Waals surface area contributed by atoms with Crippen molar-refractivity contribution in [2.75, 3.05) is 0 Å². The normalized spacial score (nSPS) is 12.4. The Bertz CT molecular complexity index is 272. The molecule has 1 aromatic rings. The third kappa shape index (κ3) is 1.53. The lowest BCUT2D eigenvalue weighted by Gasteiger charge is -2.01. The fraction of sp³-hybridized carbons (Fsp3) is 0.375. The second-order valence-corrected chi connectivity index (χ2v) is 2.40. The zero-order valence-electron chi connectivity index (χ0n) is 6.24. The van der Waals surface area contributed by atoms with Gasteiger partial charge in [0.25, 0.3) is 0 Å². The highest BCUT2D eigenvalue weighted by atomic mass is 16.5. The van der Waals surface area contributed by atoms with E-state index < -0.39 is 0 Å². The Labute approximate surface area is 65.0 Å². The Morgan fingerprint density at radius 2 is 2.64 bits per heavy atom. The SMILES string of the molecule is C#CCC(C)c1cnoc1O. The maximum absolute atomic E-state index is 9.05. The minimum absolute atomic E-state index is 0.103. The van der Waals surface area contributed by atoms with Gasteiger partial charge in [0.05, 0.1) is 11.8 Å². The molecular formula is C8H9NO2. The molecule has 58 valence electrons. The van der Waals surface area contributed by atoms with Crippen molar-refractivity contribution in [3.8, 4) is 18.3 Å². The fourth-order valence-electron chi connectivity index (χ4n) is 0.866. The number of rotatable bonds is 2. The van der Waals surface area contributed by atoms with E-state index in [1.807, 2.05) is 6.92 Å². The first kappa shape index (κ1) is 7.67. The van der Waals surface area contributed by atoms with Crippen LogP contribution in [0.25, 0.3) is 0 Å². The molecule has 0 fully saturated rings. The summed E-state index contributed by atoms with van der Waals surface area (Å²) in [5.74, 6) is 2.47. The second-order valence-electron chi connectivity index (χ2n) is 2.40. The van der Waals surface area contributed by atoms with E-state index in [1.165, 1.54) is 6.20 Å². The Balaban J connectivity index is 2.77. The van der Waals surface area contributed by atoms with E-state index in [2.05, 4.69) is 15.6 Å². The van der Waals surface area contributed by atoms with Crippen molar-refractivity contribution in [3.05, 3.63) is 11.8 Å². The average Bonchev–Trinajstić information content (AvgIpc) is 2.36. The van der Waals surface area contributed by atoms with Crippen LogP contribution < -0.4 is 0 Å². The van der Waals surface area contributed by atoms with E-state index in [4.69, 9.17) is 11.5 Å². The molecule has 3 nitrogen and oxygen atoms in total. The zero-order valence-corrected chi connectivity index (χ0v) is 6.24. The molecule has 0 aliphatic carbocycles. The summed E-state index contributed by atoms with van der Waals surface area (Å²) in [6.07, 6.45) is 7.16. The number of hydrogen-bond acceptors (Lipinski definition) is 3. The molecule has 1 rings (SSSR count). The summed E-state index contributed by atoms with van der Waals surface area (Å²) in [4.78, 5) is 0. The van der Waals surface area contributed by atoms with Gasteiger partial charge >= 0.3 is 5.95 Å². The van der Waals surface area contributed by atoms with Gasteiger partial charge < -0.3 is 9.63 Å². The van der Waals surface area contributed by atoms with Crippen LogP contribution in [0.1, 0.15) is 24.8 Å². The molecular weight excluding hydrogens is 142 g/mol. The van der Waals surface area contributed by atoms with Gasteiger partial charge in [-0.1, -0.05) is 12.1 Å². The van der Waals surface area contributed by atoms with Crippen molar-refractivity contribution >= 4 is 0 Å². The number of terminal acetylenes is 1. The lowest BCUT2D eigenvalue weighted by molar-refractivity contribution is 0.274. The summed E-state index contributed by atoms with van der Waals surface area (Å²) in [5.41, 5.74) is 0.669. The first-order valence-electron chi connectivity index (χ1n) is 3.32. The molecule has 0 aliphatic rings. The average molecular weight is 151 g/mol. The molecule has 0 saturated heterocycles. The van der Waals surface area contributed by atoms with Crippen molar-refractivity contribution in [3.63, 3.8) is 0 Å². The van der Waals surface area contributed by atoms with E-state index in [1.54, 1.807) is 0 Å². The predicted molar refractivity (Wildman–Crippen MR) is 40.0 cm³/mol. The molecule has 0 aliphatic heterocycles. The van der Waals surface area contributed by atoms with E-state index >= 15 is 0 Å². The Morgan fingerprint density at radius 3 is 3.09 bits per heavy atom. The topological polar surface area (TPSA) is 46.3 Å². The minimum atomic E-state index is -0.132. The van der Waals surface area contributed by atoms with Crippen molar-refractivity contribution in [1.82, 2.24) is 5.16 Å². The molecule has 1 unspecified atom stereocenters. The molecule has 0 radical (unpaired) electrons. The molecule has 1 N–H and O–H groups in total. The summed E-state index contributed by atoms with van der Waals surface area (Å²) < 4.78 is 4.47. The number of nitrogens with zero attached hydrogens (tertiary/aromatic N) is 1. The van der Waals surface area contributed by atoms with Crippen LogP contribution in [0, 0.1) is 12.3 Å². The monoisotopic (exact) mass is 151 g/mol. The van der Waals surface area contributed by atoms with Gasteiger partial charge in [0, 0.05) is 12.3 Å². The molecule has 0 aromatic carbocycles. The molecule has 0 amide bonds. The Kier molecular flexibility index (Phi) is 2.17. The summed E-state index contributed by atoms with van der Waals surface area (Å²) >= 11 is 0. The maximum Gasteiger partial charge on any atom is 0.312 e. The molecule has 1 aromatic heterocycles. The van der Waals surface area contributed by atoms with Gasteiger partial charge in [-0.15, -0.1) is 12.3 Å². The zero-order chi connectivity index (χ0) is 8.27. The first-order valence-corrected chi connectivity index (χ1v) is 3.32. The quantitative estimate of drug-likeness (QED) is 0.651. The molecule has 0 saturated carbocycles. The van der Waals surface area contributed by atoms with Gasteiger partial charge in [0.1, 0.15) is 0 Å². The molecule has 0 bridgehead atoms. The summed E-state index contributed by atoms with van der Waals surface area (Å²) in [5, 5.41) is 12.5. The van der Waals surface area contributed by atoms with Crippen LogP contribution in [0.4, 0.5) is 0 Å². The molecule has 3 heteroatoms. The largest absolute Gasteiger partial charge is 0.479 e. The van der Waals surface area contributed by atoms with E-state index in [9.17, 15) is 0 Å². The van der Waals surface area contributed by atoms with Crippen LogP contribution in [0.15, 0.2) is 10.7 Å². The summed E-state index contributed by atoms with van der Waals surface area (Å²) in [6.45, 7) is 1.91. The van der Waals surface area contributed by atoms with Crippen molar-refractivity contribution in [2.45, 2.75) is 19.3 Å². The van der Waals surface area contributed by atoms with E-state index in [0.717, 1.165) is 0 Å². The van der Waals surface area contributed by atoms with Crippen LogP contribution >= 0.6 is 0 Å². The first-order chi connectivity index (χ1) is 5.25. The van der Waals surface area contributed by atoms with Gasteiger partial charge in [0.15, 0.2) is 0 Å². The third-order valence-corrected chi connectivity index (χ3v) is 1.53. The van der Waals surface area contributed by atoms with Gasteiger partial charge in [-0.05, 0) is 0 Å². The minimum Gasteiger partial charge on any atom is -0.479 e. The Morgan fingerprint density at radius 1 is 1.91 bits per heavy atom. The van der Waals surface area contributed by atoms with E-state index in [-0.39, 0.29) is 11.9 Å². The van der Waals surface area contributed by atoms with Crippen molar-refractivity contribution in [2.24, 2.45) is 0 Å². The highest BCUT2D eigenvalue weighted by Gasteiger charge is 2.12. The Hall–Kier alpha value is -1.43. The predicted octanol–water partition coefficient (Wildman–Crippen LogP) is 1.51. The number of hydrogen-bond donors (Lipinski definition) is 1. The fourth-order valence-corrected chi connectivity index (χ4v) is 0.866. The van der Waals surface area contributed by atoms with Crippen molar-refractivity contribution in [1.29, 1.82) is 0 Å². The van der Waals surface area contributed by atoms with E-state index in [0.29, 0.717) is 12.0 Å². The van der Waals surface area contributed by atoms with Crippen LogP contribution in [-0.4, -0.2) is 10.3 Å². The van der Waals surface area contributed by atoms with Crippen LogP contribution in [-0.2, 0) is 0 Å². The lowest BCUT2D eigenvalue weighted by atomic mass is 10.0. The number of aromatic nitrogens is 1. The highest BCUT2D eigenvalue weighted by Crippen LogP contribution is 2.26. The van der Waals surface area contributed by atoms with Gasteiger partial charge in [0.2, 0.25) is 0 Å². The third-order valence-electron chi connectivity index (χ3n) is 1.53. The summed E-state index contributed by atoms with van der Waals surface area (Å²) in [7, 11) is 0. The highest BCUT2D eigenvalue weighted by molar-refractivity contribution is 5.23. The van der Waals surface area contributed by atoms with Crippen molar-refractivity contribution < 1.29 is 9.63 Å². The number of aromatic hydroxyl groups is 1. The second kappa shape index (κ2) is 3.11. The standard InChI is InChI=1S/C8H9NO2/c1-3-4-6(2)7-5-9-11-8(7)10/h1,5-6,10H,4H2,2H3. The van der Waals surface area contributed by atoms with Gasteiger partial charge in [-0.25, -0.2) is 0 Å². The van der Waals surface area contributed by atoms with Gasteiger partial charge in [-0.3, -0.25) is 0 Å². The lowest BCUT2D eigenvalue weighted by Crippen LogP contribution is -1.88. The molecule has 1 heterocycles. The molecule has 11 heavy (non-hydrogen) atoms. The molecule has 1 atom stereocenters. The smallest absolute Gasteiger partial charge is 0.312 e. The molecule has 0 spiro atoms. The maximum atomic E-state index is 9.05. The van der Waals surface area contributed by atoms with Crippen LogP contribution in [0.5, 0.6) is 5.95 Å². The summed E-state index contributed by atoms with van der Waals surface area (Å²) in [6, 6.07) is 0. The van der Waals surface area contributed by atoms with Crippen LogP contribution in [0.3, 0.4) is 0 Å². The van der Waals surface area contributed by atoms with Gasteiger partial charge in [-0.2, -0.15) is 0 Å².